The Balaban J connectivity index is 1.77. The van der Waals surface area contributed by atoms with E-state index in [2.05, 4.69) is 15.0 Å². The summed E-state index contributed by atoms with van der Waals surface area (Å²) in [6.07, 6.45) is 3.29. The Kier molecular flexibility index (Phi) is 3.78. The minimum absolute atomic E-state index is 0.326. The first-order valence-corrected chi connectivity index (χ1v) is 7.74. The molecule has 4 rings (SSSR count). The molecule has 0 fully saturated rings. The van der Waals surface area contributed by atoms with E-state index in [0.29, 0.717) is 23.9 Å². The topological polar surface area (TPSA) is 58.5 Å². The first kappa shape index (κ1) is 15.1. The van der Waals surface area contributed by atoms with Crippen molar-refractivity contribution in [3.8, 4) is 0 Å². The number of anilines is 1. The fourth-order valence-corrected chi connectivity index (χ4v) is 2.74. The van der Waals surface area contributed by atoms with Crippen LogP contribution in [0.25, 0.3) is 0 Å². The normalized spacial score (nSPS) is 14.6. The number of hydrogen-bond acceptors (Lipinski definition) is 3. The summed E-state index contributed by atoms with van der Waals surface area (Å²) in [7, 11) is 0. The lowest BCUT2D eigenvalue weighted by Crippen LogP contribution is -2.27. The molecule has 2 heterocycles. The highest BCUT2D eigenvalue weighted by Gasteiger charge is 2.28. The summed E-state index contributed by atoms with van der Waals surface area (Å²) in [4.78, 5) is 27.1. The van der Waals surface area contributed by atoms with Gasteiger partial charge in [-0.25, -0.2) is 14.4 Å². The molecule has 1 aromatic heterocycles. The number of fused-ring (bicyclic) bond motifs is 1. The van der Waals surface area contributed by atoms with Crippen LogP contribution < -0.4 is 4.90 Å². The fraction of sp³-hybridized carbons (Fsp3) is 0.0526. The van der Waals surface area contributed by atoms with Crippen LogP contribution in [0.4, 0.5) is 10.3 Å². The van der Waals surface area contributed by atoms with E-state index in [4.69, 9.17) is 0 Å². The molecule has 6 heteroatoms. The van der Waals surface area contributed by atoms with Gasteiger partial charge in [-0.2, -0.15) is 4.99 Å². The minimum atomic E-state index is -0.437. The third-order valence-electron chi connectivity index (χ3n) is 3.93. The van der Waals surface area contributed by atoms with Crippen LogP contribution in [0, 0.1) is 5.82 Å². The Morgan fingerprint density at radius 2 is 1.72 bits per heavy atom. The molecular weight excluding hydrogens is 319 g/mol. The Hall–Kier alpha value is -3.41. The van der Waals surface area contributed by atoms with Gasteiger partial charge in [0, 0.05) is 23.5 Å². The number of aliphatic imine (C=N–C) groups is 1. The zero-order chi connectivity index (χ0) is 17.2. The average Bonchev–Trinajstić information content (AvgIpc) is 3.02. The molecule has 1 amide bonds. The molecule has 1 aliphatic heterocycles. The summed E-state index contributed by atoms with van der Waals surface area (Å²) < 4.78 is 13.1. The quantitative estimate of drug-likeness (QED) is 0.723. The SMILES string of the molecule is O=C(N=C1c2ccccc2CN1c1ncccn1)c1ccc(F)cc1. The van der Waals surface area contributed by atoms with E-state index in [1.165, 1.54) is 24.3 Å². The third-order valence-corrected chi connectivity index (χ3v) is 3.93. The molecule has 3 aromatic rings. The maximum Gasteiger partial charge on any atom is 0.278 e. The van der Waals surface area contributed by atoms with Gasteiger partial charge in [0.1, 0.15) is 11.7 Å². The van der Waals surface area contributed by atoms with E-state index in [-0.39, 0.29) is 0 Å². The highest BCUT2D eigenvalue weighted by Crippen LogP contribution is 2.26. The van der Waals surface area contributed by atoms with Crippen LogP contribution in [0.2, 0.25) is 0 Å². The smallest absolute Gasteiger partial charge is 0.278 e. The Bertz CT molecular complexity index is 955. The summed E-state index contributed by atoms with van der Waals surface area (Å²) in [6, 6.07) is 14.8. The van der Waals surface area contributed by atoms with Crippen LogP contribution in [0.5, 0.6) is 0 Å². The molecule has 1 aliphatic rings. The molecule has 0 atom stereocenters. The fourth-order valence-electron chi connectivity index (χ4n) is 2.74. The number of rotatable bonds is 2. The van der Waals surface area contributed by atoms with Gasteiger partial charge in [0.15, 0.2) is 0 Å². The van der Waals surface area contributed by atoms with Crippen LogP contribution in [-0.4, -0.2) is 21.7 Å². The van der Waals surface area contributed by atoms with Gasteiger partial charge in [-0.1, -0.05) is 24.3 Å². The summed E-state index contributed by atoms with van der Waals surface area (Å²) in [5.41, 5.74) is 2.23. The second-order valence-electron chi connectivity index (χ2n) is 5.54. The molecule has 0 aliphatic carbocycles. The number of benzene rings is 2. The van der Waals surface area contributed by atoms with E-state index in [1.807, 2.05) is 24.3 Å². The molecule has 5 nitrogen and oxygen atoms in total. The second kappa shape index (κ2) is 6.24. The van der Waals surface area contributed by atoms with Crippen molar-refractivity contribution in [2.75, 3.05) is 4.90 Å². The maximum absolute atomic E-state index is 13.1. The van der Waals surface area contributed by atoms with Crippen molar-refractivity contribution < 1.29 is 9.18 Å². The number of hydrogen-bond donors (Lipinski definition) is 0. The largest absolute Gasteiger partial charge is 0.290 e. The second-order valence-corrected chi connectivity index (χ2v) is 5.54. The van der Waals surface area contributed by atoms with E-state index in [0.717, 1.165) is 11.1 Å². The lowest BCUT2D eigenvalue weighted by Gasteiger charge is -2.16. The molecule has 0 unspecified atom stereocenters. The average molecular weight is 332 g/mol. The number of halogens is 1. The van der Waals surface area contributed by atoms with Gasteiger partial charge in [-0.15, -0.1) is 0 Å². The lowest BCUT2D eigenvalue weighted by atomic mass is 10.1. The summed E-state index contributed by atoms with van der Waals surface area (Å²) >= 11 is 0. The number of aromatic nitrogens is 2. The summed E-state index contributed by atoms with van der Waals surface area (Å²) in [5.74, 6) is 0.142. The van der Waals surface area contributed by atoms with Crippen LogP contribution in [-0.2, 0) is 6.54 Å². The number of carbonyl (C=O) groups excluding carboxylic acids is 1. The zero-order valence-corrected chi connectivity index (χ0v) is 13.1. The van der Waals surface area contributed by atoms with Crippen molar-refractivity contribution in [2.24, 2.45) is 4.99 Å². The Labute approximate surface area is 143 Å². The number of amides is 1. The molecule has 0 N–H and O–H groups in total. The van der Waals surface area contributed by atoms with Crippen LogP contribution in [0.15, 0.2) is 72.0 Å². The molecule has 0 radical (unpaired) electrons. The lowest BCUT2D eigenvalue weighted by molar-refractivity contribution is 0.100. The number of nitrogens with zero attached hydrogens (tertiary/aromatic N) is 4. The van der Waals surface area contributed by atoms with E-state index in [9.17, 15) is 9.18 Å². The first-order chi connectivity index (χ1) is 12.2. The van der Waals surface area contributed by atoms with Gasteiger partial charge >= 0.3 is 0 Å². The minimum Gasteiger partial charge on any atom is -0.290 e. The van der Waals surface area contributed by atoms with Crippen molar-refractivity contribution in [3.05, 3.63) is 89.5 Å². The first-order valence-electron chi connectivity index (χ1n) is 7.74. The zero-order valence-electron chi connectivity index (χ0n) is 13.1. The molecular formula is C19H13FN4O. The van der Waals surface area contributed by atoms with Gasteiger partial charge in [-0.3, -0.25) is 9.69 Å². The monoisotopic (exact) mass is 332 g/mol. The Morgan fingerprint density at radius 3 is 2.48 bits per heavy atom. The van der Waals surface area contributed by atoms with E-state index in [1.54, 1.807) is 23.4 Å². The number of amidine groups is 1. The van der Waals surface area contributed by atoms with E-state index >= 15 is 0 Å². The molecule has 2 aromatic carbocycles. The molecule has 122 valence electrons. The van der Waals surface area contributed by atoms with Crippen LogP contribution in [0.3, 0.4) is 0 Å². The van der Waals surface area contributed by atoms with E-state index < -0.39 is 11.7 Å². The van der Waals surface area contributed by atoms with Crippen molar-refractivity contribution >= 4 is 17.7 Å². The molecule has 0 spiro atoms. The van der Waals surface area contributed by atoms with Gasteiger partial charge in [0.2, 0.25) is 5.95 Å². The third kappa shape index (κ3) is 2.89. The standard InChI is InChI=1S/C19H13FN4O/c20-15-8-6-13(7-9-15)18(25)23-17-16-5-2-1-4-14(16)12-24(17)19-21-10-3-11-22-19/h1-11H,12H2. The van der Waals surface area contributed by atoms with Crippen molar-refractivity contribution in [1.29, 1.82) is 0 Å². The van der Waals surface area contributed by atoms with Crippen LogP contribution >= 0.6 is 0 Å². The predicted octanol–water partition coefficient (Wildman–Crippen LogP) is 3.22. The van der Waals surface area contributed by atoms with Crippen molar-refractivity contribution in [3.63, 3.8) is 0 Å². The molecule has 0 saturated carbocycles. The summed E-state index contributed by atoms with van der Waals surface area (Å²) in [5, 5.41) is 0. The van der Waals surface area contributed by atoms with Crippen molar-refractivity contribution in [2.45, 2.75) is 6.54 Å². The van der Waals surface area contributed by atoms with Crippen LogP contribution in [0.1, 0.15) is 21.5 Å². The van der Waals surface area contributed by atoms with Crippen molar-refractivity contribution in [1.82, 2.24) is 9.97 Å². The molecule has 0 bridgehead atoms. The van der Waals surface area contributed by atoms with Gasteiger partial charge < -0.3 is 0 Å². The van der Waals surface area contributed by atoms with Gasteiger partial charge in [-0.05, 0) is 35.9 Å². The maximum atomic E-state index is 13.1. The van der Waals surface area contributed by atoms with Gasteiger partial charge in [0.25, 0.3) is 5.91 Å². The Morgan fingerprint density at radius 1 is 1.00 bits per heavy atom. The number of carbonyl (C=O) groups is 1. The highest BCUT2D eigenvalue weighted by atomic mass is 19.1. The highest BCUT2D eigenvalue weighted by molar-refractivity contribution is 6.18. The van der Waals surface area contributed by atoms with Gasteiger partial charge in [0.05, 0.1) is 6.54 Å². The predicted molar refractivity (Wildman–Crippen MR) is 91.9 cm³/mol. The molecule has 25 heavy (non-hydrogen) atoms. The summed E-state index contributed by atoms with van der Waals surface area (Å²) in [6.45, 7) is 0.537. The molecule has 0 saturated heterocycles.